The van der Waals surface area contributed by atoms with Gasteiger partial charge in [-0.05, 0) is 20.8 Å². The van der Waals surface area contributed by atoms with Crippen LogP contribution in [-0.4, -0.2) is 50.3 Å². The molecule has 0 amide bonds. The van der Waals surface area contributed by atoms with E-state index in [4.69, 9.17) is 9.47 Å². The highest BCUT2D eigenvalue weighted by Crippen LogP contribution is 2.20. The summed E-state index contributed by atoms with van der Waals surface area (Å²) < 4.78 is 10.2. The van der Waals surface area contributed by atoms with Gasteiger partial charge in [-0.1, -0.05) is 0 Å². The average Bonchev–Trinajstić information content (AvgIpc) is 2.15. The van der Waals surface area contributed by atoms with Gasteiger partial charge in [0.1, 0.15) is 0 Å². The van der Waals surface area contributed by atoms with E-state index in [9.17, 15) is 4.79 Å². The molecule has 0 aromatic heterocycles. The van der Waals surface area contributed by atoms with Crippen molar-refractivity contribution >= 4 is 5.97 Å². The molecular formula is C11H21NO3. The van der Waals surface area contributed by atoms with E-state index >= 15 is 0 Å². The molecule has 1 aliphatic rings. The summed E-state index contributed by atoms with van der Waals surface area (Å²) in [6, 6.07) is 0. The van der Waals surface area contributed by atoms with Crippen molar-refractivity contribution in [2.75, 3.05) is 33.4 Å². The average molecular weight is 215 g/mol. The van der Waals surface area contributed by atoms with E-state index in [0.29, 0.717) is 0 Å². The van der Waals surface area contributed by atoms with Gasteiger partial charge < -0.3 is 9.47 Å². The molecule has 0 saturated carbocycles. The van der Waals surface area contributed by atoms with E-state index < -0.39 is 5.41 Å². The lowest BCUT2D eigenvalue weighted by Crippen LogP contribution is -2.47. The molecule has 0 aromatic carbocycles. The van der Waals surface area contributed by atoms with Crippen molar-refractivity contribution in [3.05, 3.63) is 0 Å². The summed E-state index contributed by atoms with van der Waals surface area (Å²) in [5.41, 5.74) is -0.439. The highest BCUT2D eigenvalue weighted by Gasteiger charge is 2.32. The summed E-state index contributed by atoms with van der Waals surface area (Å²) in [7, 11) is 1.44. The Labute approximate surface area is 91.5 Å². The minimum atomic E-state index is -0.439. The first-order chi connectivity index (χ1) is 6.95. The molecule has 88 valence electrons. The highest BCUT2D eigenvalue weighted by atomic mass is 16.5. The first kappa shape index (κ1) is 12.5. The number of morpholine rings is 1. The third-order valence-electron chi connectivity index (χ3n) is 2.68. The number of hydrogen-bond acceptors (Lipinski definition) is 4. The molecule has 1 unspecified atom stereocenters. The molecule has 1 aliphatic heterocycles. The van der Waals surface area contributed by atoms with E-state index in [1.165, 1.54) is 7.11 Å². The number of hydrogen-bond donors (Lipinski definition) is 0. The van der Waals surface area contributed by atoms with Gasteiger partial charge in [0, 0.05) is 19.6 Å². The van der Waals surface area contributed by atoms with E-state index in [0.717, 1.165) is 26.2 Å². The van der Waals surface area contributed by atoms with Crippen LogP contribution in [0.1, 0.15) is 20.8 Å². The topological polar surface area (TPSA) is 38.8 Å². The molecule has 1 saturated heterocycles. The Bertz CT molecular complexity index is 228. The SMILES string of the molecule is COC(=O)C(C)(C)CN1CCOC(C)C1. The number of nitrogens with zero attached hydrogens (tertiary/aromatic N) is 1. The Balaban J connectivity index is 2.49. The quantitative estimate of drug-likeness (QED) is 0.656. The molecule has 1 rings (SSSR count). The van der Waals surface area contributed by atoms with Crippen molar-refractivity contribution < 1.29 is 14.3 Å². The zero-order valence-electron chi connectivity index (χ0n) is 10.1. The van der Waals surface area contributed by atoms with E-state index in [-0.39, 0.29) is 12.1 Å². The van der Waals surface area contributed by atoms with Crippen LogP contribution in [0.2, 0.25) is 0 Å². The van der Waals surface area contributed by atoms with Crippen molar-refractivity contribution in [2.24, 2.45) is 5.41 Å². The predicted molar refractivity (Wildman–Crippen MR) is 57.7 cm³/mol. The third kappa shape index (κ3) is 3.47. The molecule has 4 nitrogen and oxygen atoms in total. The minimum absolute atomic E-state index is 0.151. The fraction of sp³-hybridized carbons (Fsp3) is 0.909. The van der Waals surface area contributed by atoms with Crippen LogP contribution in [0.5, 0.6) is 0 Å². The summed E-state index contributed by atoms with van der Waals surface area (Å²) in [6.45, 7) is 9.15. The molecule has 1 atom stereocenters. The molecule has 1 fully saturated rings. The van der Waals surface area contributed by atoms with Crippen LogP contribution < -0.4 is 0 Å². The first-order valence-corrected chi connectivity index (χ1v) is 5.38. The van der Waals surface area contributed by atoms with Crippen molar-refractivity contribution in [3.63, 3.8) is 0 Å². The molecule has 0 bridgehead atoms. The van der Waals surface area contributed by atoms with Crippen LogP contribution in [0.15, 0.2) is 0 Å². The smallest absolute Gasteiger partial charge is 0.312 e. The maximum absolute atomic E-state index is 11.5. The number of carbonyl (C=O) groups is 1. The maximum Gasteiger partial charge on any atom is 0.312 e. The summed E-state index contributed by atoms with van der Waals surface area (Å²) in [6.07, 6.45) is 0.257. The number of esters is 1. The molecule has 0 spiro atoms. The van der Waals surface area contributed by atoms with Crippen LogP contribution in [0.3, 0.4) is 0 Å². The maximum atomic E-state index is 11.5. The van der Waals surface area contributed by atoms with Gasteiger partial charge >= 0.3 is 5.97 Å². The largest absolute Gasteiger partial charge is 0.469 e. The monoisotopic (exact) mass is 215 g/mol. The second-order valence-electron chi connectivity index (χ2n) is 4.79. The van der Waals surface area contributed by atoms with Crippen LogP contribution in [0, 0.1) is 5.41 Å². The van der Waals surface area contributed by atoms with Gasteiger partial charge in [0.15, 0.2) is 0 Å². The molecule has 0 radical (unpaired) electrons. The summed E-state index contributed by atoms with van der Waals surface area (Å²) >= 11 is 0. The van der Waals surface area contributed by atoms with Crippen LogP contribution in [0.4, 0.5) is 0 Å². The lowest BCUT2D eigenvalue weighted by molar-refractivity contribution is -0.152. The van der Waals surface area contributed by atoms with Gasteiger partial charge in [0.05, 0.1) is 25.2 Å². The van der Waals surface area contributed by atoms with E-state index in [2.05, 4.69) is 11.8 Å². The molecule has 4 heteroatoms. The Morgan fingerprint density at radius 1 is 1.60 bits per heavy atom. The fourth-order valence-electron chi connectivity index (χ4n) is 1.93. The highest BCUT2D eigenvalue weighted by molar-refractivity contribution is 5.76. The van der Waals surface area contributed by atoms with Gasteiger partial charge in [-0.15, -0.1) is 0 Å². The van der Waals surface area contributed by atoms with Crippen molar-refractivity contribution in [1.29, 1.82) is 0 Å². The first-order valence-electron chi connectivity index (χ1n) is 5.38. The van der Waals surface area contributed by atoms with Crippen molar-refractivity contribution in [2.45, 2.75) is 26.9 Å². The zero-order valence-corrected chi connectivity index (χ0v) is 10.1. The fourth-order valence-corrected chi connectivity index (χ4v) is 1.93. The summed E-state index contributed by atoms with van der Waals surface area (Å²) in [4.78, 5) is 13.8. The third-order valence-corrected chi connectivity index (χ3v) is 2.68. The standard InChI is InChI=1S/C11H21NO3/c1-9-7-12(5-6-15-9)8-11(2,3)10(13)14-4/h9H,5-8H2,1-4H3. The summed E-state index contributed by atoms with van der Waals surface area (Å²) in [5.74, 6) is -0.151. The van der Waals surface area contributed by atoms with Gasteiger partial charge in [0.2, 0.25) is 0 Å². The van der Waals surface area contributed by atoms with Gasteiger partial charge in [-0.25, -0.2) is 0 Å². The van der Waals surface area contributed by atoms with E-state index in [1.807, 2.05) is 13.8 Å². The van der Waals surface area contributed by atoms with Crippen molar-refractivity contribution in [3.8, 4) is 0 Å². The molecular weight excluding hydrogens is 194 g/mol. The van der Waals surface area contributed by atoms with Gasteiger partial charge in [-0.3, -0.25) is 9.69 Å². The van der Waals surface area contributed by atoms with Crippen LogP contribution in [0.25, 0.3) is 0 Å². The molecule has 15 heavy (non-hydrogen) atoms. The van der Waals surface area contributed by atoms with E-state index in [1.54, 1.807) is 0 Å². The number of rotatable bonds is 3. The Morgan fingerprint density at radius 3 is 2.80 bits per heavy atom. The van der Waals surface area contributed by atoms with Gasteiger partial charge in [-0.2, -0.15) is 0 Å². The minimum Gasteiger partial charge on any atom is -0.469 e. The molecule has 0 N–H and O–H groups in total. The van der Waals surface area contributed by atoms with Crippen molar-refractivity contribution in [1.82, 2.24) is 4.90 Å². The Morgan fingerprint density at radius 2 is 2.27 bits per heavy atom. The Hall–Kier alpha value is -0.610. The normalized spacial score (nSPS) is 23.9. The van der Waals surface area contributed by atoms with Gasteiger partial charge in [0.25, 0.3) is 0 Å². The predicted octanol–water partition coefficient (Wildman–Crippen LogP) is 0.906. The summed E-state index contributed by atoms with van der Waals surface area (Å²) in [5, 5.41) is 0. The van der Waals surface area contributed by atoms with Crippen LogP contribution >= 0.6 is 0 Å². The Kier molecular flexibility index (Phi) is 4.11. The molecule has 1 heterocycles. The number of ether oxygens (including phenoxy) is 2. The molecule has 0 aliphatic carbocycles. The molecule has 0 aromatic rings. The number of carbonyl (C=O) groups excluding carboxylic acids is 1. The lowest BCUT2D eigenvalue weighted by atomic mass is 9.92. The second kappa shape index (κ2) is 4.94. The second-order valence-corrected chi connectivity index (χ2v) is 4.79. The number of methoxy groups -OCH3 is 1. The lowest BCUT2D eigenvalue weighted by Gasteiger charge is -2.35. The van der Waals surface area contributed by atoms with Crippen LogP contribution in [-0.2, 0) is 14.3 Å². The zero-order chi connectivity index (χ0) is 11.5.